The van der Waals surface area contributed by atoms with Crippen molar-refractivity contribution >= 4 is 17.0 Å². The number of carbonyl (C=O) groups excluding carboxylic acids is 1. The molecule has 146 valence electrons. The van der Waals surface area contributed by atoms with E-state index in [1.165, 1.54) is 0 Å². The molecular weight excluding hydrogens is 359 g/mol. The van der Waals surface area contributed by atoms with Crippen LogP contribution in [0.2, 0.25) is 0 Å². The molecule has 1 saturated heterocycles. The van der Waals surface area contributed by atoms with Gasteiger partial charge in [-0.2, -0.15) is 13.2 Å². The van der Waals surface area contributed by atoms with Gasteiger partial charge < -0.3 is 9.42 Å². The quantitative estimate of drug-likeness (QED) is 0.787. The molecule has 0 radical (unpaired) electrons. The molecule has 5 nitrogen and oxygen atoms in total. The molecule has 0 atom stereocenters. The minimum absolute atomic E-state index is 0.0288. The van der Waals surface area contributed by atoms with Gasteiger partial charge in [-0.25, -0.2) is 4.98 Å². The molecule has 1 saturated carbocycles. The van der Waals surface area contributed by atoms with Crippen molar-refractivity contribution in [3.63, 3.8) is 0 Å². The number of halogens is 3. The molecule has 0 bridgehead atoms. The Labute approximate surface area is 154 Å². The summed E-state index contributed by atoms with van der Waals surface area (Å²) in [6.45, 7) is 4.68. The van der Waals surface area contributed by atoms with Gasteiger partial charge in [-0.1, -0.05) is 19.0 Å². The molecule has 27 heavy (non-hydrogen) atoms. The molecule has 0 spiro atoms. The number of carbonyl (C=O) groups is 1. The van der Waals surface area contributed by atoms with Crippen molar-refractivity contribution in [1.29, 1.82) is 0 Å². The smallest absolute Gasteiger partial charge is 0.342 e. The first-order valence-electron chi connectivity index (χ1n) is 9.42. The van der Waals surface area contributed by atoms with Gasteiger partial charge in [0.2, 0.25) is 5.91 Å². The van der Waals surface area contributed by atoms with Gasteiger partial charge in [0, 0.05) is 30.6 Å². The standard InChI is InChI=1S/C19H22F3N3O2/c1-10(2)14-9-13(19(20,21)22)15-16(24-27-17(15)23-14)11-5-7-25(8-6-11)18(26)12-3-4-12/h9-12H,3-8H2,1-2H3. The van der Waals surface area contributed by atoms with Crippen molar-refractivity contribution in [3.05, 3.63) is 23.0 Å². The Hall–Kier alpha value is -2.12. The number of hydrogen-bond donors (Lipinski definition) is 0. The molecule has 1 aliphatic heterocycles. The molecule has 0 aromatic carbocycles. The number of pyridine rings is 1. The van der Waals surface area contributed by atoms with Crippen LogP contribution < -0.4 is 0 Å². The van der Waals surface area contributed by atoms with Crippen LogP contribution in [0.1, 0.15) is 68.3 Å². The number of amides is 1. The summed E-state index contributed by atoms with van der Waals surface area (Å²) in [5, 5.41) is 3.94. The third kappa shape index (κ3) is 3.41. The zero-order chi connectivity index (χ0) is 19.3. The highest BCUT2D eigenvalue weighted by Gasteiger charge is 2.39. The van der Waals surface area contributed by atoms with Crippen LogP contribution in [-0.4, -0.2) is 34.0 Å². The van der Waals surface area contributed by atoms with Crippen molar-refractivity contribution in [1.82, 2.24) is 15.0 Å². The van der Waals surface area contributed by atoms with Crippen LogP contribution in [0.15, 0.2) is 10.6 Å². The van der Waals surface area contributed by atoms with Crippen LogP contribution >= 0.6 is 0 Å². The largest absolute Gasteiger partial charge is 0.417 e. The van der Waals surface area contributed by atoms with Gasteiger partial charge in [-0.3, -0.25) is 4.79 Å². The Morgan fingerprint density at radius 2 is 1.89 bits per heavy atom. The summed E-state index contributed by atoms with van der Waals surface area (Å²) < 4.78 is 46.3. The number of piperidine rings is 1. The lowest BCUT2D eigenvalue weighted by molar-refractivity contribution is -0.136. The van der Waals surface area contributed by atoms with E-state index in [0.717, 1.165) is 18.9 Å². The molecule has 1 aliphatic carbocycles. The summed E-state index contributed by atoms with van der Waals surface area (Å²) in [7, 11) is 0. The fraction of sp³-hybridized carbons (Fsp3) is 0.632. The monoisotopic (exact) mass is 381 g/mol. The molecule has 0 N–H and O–H groups in total. The molecule has 8 heteroatoms. The zero-order valence-electron chi connectivity index (χ0n) is 15.3. The van der Waals surface area contributed by atoms with Crippen LogP contribution in [0.3, 0.4) is 0 Å². The van der Waals surface area contributed by atoms with E-state index < -0.39 is 11.7 Å². The van der Waals surface area contributed by atoms with E-state index in [0.29, 0.717) is 37.3 Å². The van der Waals surface area contributed by atoms with Crippen LogP contribution in [0.25, 0.3) is 11.1 Å². The molecular formula is C19H22F3N3O2. The second-order valence-electron chi connectivity index (χ2n) is 7.87. The van der Waals surface area contributed by atoms with Gasteiger partial charge in [0.05, 0.1) is 16.6 Å². The molecule has 2 fully saturated rings. The molecule has 2 aliphatic rings. The van der Waals surface area contributed by atoms with Crippen LogP contribution in [0, 0.1) is 5.92 Å². The second-order valence-corrected chi connectivity index (χ2v) is 7.87. The van der Waals surface area contributed by atoms with Crippen LogP contribution in [0.5, 0.6) is 0 Å². The van der Waals surface area contributed by atoms with Crippen molar-refractivity contribution in [2.24, 2.45) is 5.92 Å². The van der Waals surface area contributed by atoms with E-state index in [1.54, 1.807) is 13.8 Å². The zero-order valence-corrected chi connectivity index (χ0v) is 15.3. The third-order valence-corrected chi connectivity index (χ3v) is 5.51. The fourth-order valence-electron chi connectivity index (χ4n) is 3.75. The second kappa shape index (κ2) is 6.49. The highest BCUT2D eigenvalue weighted by atomic mass is 19.4. The number of alkyl halides is 3. The van der Waals surface area contributed by atoms with Gasteiger partial charge in [0.1, 0.15) is 0 Å². The molecule has 3 heterocycles. The number of nitrogens with zero attached hydrogens (tertiary/aromatic N) is 3. The topological polar surface area (TPSA) is 59.2 Å². The molecule has 2 aromatic heterocycles. The van der Waals surface area contributed by atoms with Crippen LogP contribution in [0.4, 0.5) is 13.2 Å². The lowest BCUT2D eigenvalue weighted by Gasteiger charge is -2.31. The van der Waals surface area contributed by atoms with Crippen molar-refractivity contribution < 1.29 is 22.5 Å². The first kappa shape index (κ1) is 18.3. The highest BCUT2D eigenvalue weighted by Crippen LogP contribution is 2.41. The fourth-order valence-corrected chi connectivity index (χ4v) is 3.75. The van der Waals surface area contributed by atoms with Gasteiger partial charge in [-0.05, 0) is 37.7 Å². The maximum atomic E-state index is 13.7. The first-order valence-corrected chi connectivity index (χ1v) is 9.42. The summed E-state index contributed by atoms with van der Waals surface area (Å²) in [5.74, 6) is 0.0191. The first-order chi connectivity index (χ1) is 12.8. The van der Waals surface area contributed by atoms with Gasteiger partial charge in [0.15, 0.2) is 0 Å². The SMILES string of the molecule is CC(C)c1cc(C(F)(F)F)c2c(C3CCN(C(=O)C4CC4)CC3)noc2n1. The maximum absolute atomic E-state index is 13.7. The number of likely N-dealkylation sites (tertiary alicyclic amines) is 1. The summed E-state index contributed by atoms with van der Waals surface area (Å²) in [5.41, 5.74) is -0.134. The lowest BCUT2D eigenvalue weighted by atomic mass is 9.90. The Kier molecular flexibility index (Phi) is 4.39. The summed E-state index contributed by atoms with van der Waals surface area (Å²) in [4.78, 5) is 18.3. The Balaban J connectivity index is 1.65. The van der Waals surface area contributed by atoms with E-state index >= 15 is 0 Å². The number of aromatic nitrogens is 2. The highest BCUT2D eigenvalue weighted by molar-refractivity contribution is 5.82. The van der Waals surface area contributed by atoms with Gasteiger partial charge in [-0.15, -0.1) is 0 Å². The molecule has 2 aromatic rings. The lowest BCUT2D eigenvalue weighted by Crippen LogP contribution is -2.38. The minimum atomic E-state index is -4.51. The molecule has 1 amide bonds. The van der Waals surface area contributed by atoms with E-state index in [4.69, 9.17) is 4.52 Å². The van der Waals surface area contributed by atoms with Crippen molar-refractivity contribution in [2.75, 3.05) is 13.1 Å². The van der Waals surface area contributed by atoms with Crippen LogP contribution in [-0.2, 0) is 11.0 Å². The molecule has 0 unspecified atom stereocenters. The number of rotatable bonds is 3. The Bertz CT molecular complexity index is 863. The van der Waals surface area contributed by atoms with Crippen molar-refractivity contribution in [3.8, 4) is 0 Å². The normalized spacial score (nSPS) is 19.3. The maximum Gasteiger partial charge on any atom is 0.417 e. The predicted molar refractivity (Wildman–Crippen MR) is 92.2 cm³/mol. The Morgan fingerprint density at radius 1 is 1.22 bits per heavy atom. The van der Waals surface area contributed by atoms with E-state index in [2.05, 4.69) is 10.1 Å². The van der Waals surface area contributed by atoms with E-state index in [-0.39, 0.29) is 34.8 Å². The summed E-state index contributed by atoms with van der Waals surface area (Å²) in [6, 6.07) is 1.11. The third-order valence-electron chi connectivity index (χ3n) is 5.51. The van der Waals surface area contributed by atoms with Gasteiger partial charge in [0.25, 0.3) is 5.71 Å². The number of fused-ring (bicyclic) bond motifs is 1. The summed E-state index contributed by atoms with van der Waals surface area (Å²) >= 11 is 0. The van der Waals surface area contributed by atoms with E-state index in [9.17, 15) is 18.0 Å². The average molecular weight is 381 g/mol. The summed E-state index contributed by atoms with van der Waals surface area (Å²) in [6.07, 6.45) is -1.43. The van der Waals surface area contributed by atoms with Crippen molar-refractivity contribution in [2.45, 2.75) is 57.5 Å². The average Bonchev–Trinajstić information content (AvgIpc) is 3.39. The predicted octanol–water partition coefficient (Wildman–Crippen LogP) is 4.48. The minimum Gasteiger partial charge on any atom is -0.342 e. The van der Waals surface area contributed by atoms with Gasteiger partial charge >= 0.3 is 6.18 Å². The van der Waals surface area contributed by atoms with E-state index in [1.807, 2.05) is 4.90 Å². The Morgan fingerprint density at radius 3 is 2.44 bits per heavy atom. The number of hydrogen-bond acceptors (Lipinski definition) is 4. The molecule has 4 rings (SSSR count).